The van der Waals surface area contributed by atoms with Crippen LogP contribution in [0.25, 0.3) is 6.08 Å². The van der Waals surface area contributed by atoms with E-state index in [1.165, 1.54) is 7.11 Å². The van der Waals surface area contributed by atoms with Crippen molar-refractivity contribution in [2.45, 2.75) is 13.8 Å². The number of hydrogen-bond donors (Lipinski definition) is 0. The lowest BCUT2D eigenvalue weighted by atomic mass is 10.0. The number of nitrogens with zero attached hydrogens (tertiary/aromatic N) is 1. The highest BCUT2D eigenvalue weighted by atomic mass is 16.5. The third-order valence-corrected chi connectivity index (χ3v) is 2.02. The number of esters is 1. The number of allylic oxidation sites excluding steroid dienone is 1. The summed E-state index contributed by atoms with van der Waals surface area (Å²) in [6, 6.07) is 7.06. The van der Waals surface area contributed by atoms with Crippen LogP contribution in [0.4, 0.5) is 0 Å². The molecule has 0 saturated heterocycles. The Morgan fingerprint density at radius 2 is 2.12 bits per heavy atom. The van der Waals surface area contributed by atoms with Crippen molar-refractivity contribution in [2.75, 3.05) is 7.11 Å². The molecule has 0 atom stereocenters. The van der Waals surface area contributed by atoms with Crippen molar-refractivity contribution in [3.8, 4) is 6.07 Å². The van der Waals surface area contributed by atoms with Gasteiger partial charge in [0.1, 0.15) is 6.07 Å². The molecule has 0 radical (unpaired) electrons. The second-order valence-corrected chi connectivity index (χ2v) is 3.63. The summed E-state index contributed by atoms with van der Waals surface area (Å²) < 4.78 is 4.63. The van der Waals surface area contributed by atoms with E-state index in [1.807, 2.05) is 26.0 Å². The van der Waals surface area contributed by atoms with Crippen LogP contribution in [0.3, 0.4) is 0 Å². The molecule has 82 valence electrons. The Balaban J connectivity index is 3.28. The summed E-state index contributed by atoms with van der Waals surface area (Å²) in [5.41, 5.74) is 2.65. The first kappa shape index (κ1) is 12.0. The van der Waals surface area contributed by atoms with E-state index in [-0.39, 0.29) is 0 Å². The first-order valence-corrected chi connectivity index (χ1v) is 4.86. The summed E-state index contributed by atoms with van der Waals surface area (Å²) in [7, 11) is 1.30. The van der Waals surface area contributed by atoms with Crippen molar-refractivity contribution in [3.63, 3.8) is 0 Å². The highest BCUT2D eigenvalue weighted by Gasteiger charge is 2.11. The lowest BCUT2D eigenvalue weighted by molar-refractivity contribution is 0.0600. The van der Waals surface area contributed by atoms with Crippen molar-refractivity contribution in [2.24, 2.45) is 0 Å². The first-order chi connectivity index (χ1) is 7.58. The summed E-state index contributed by atoms with van der Waals surface area (Å²) in [5.74, 6) is -0.486. The average molecular weight is 215 g/mol. The Bertz CT molecular complexity index is 477. The number of rotatable bonds is 2. The normalized spacial score (nSPS) is 9.12. The summed E-state index contributed by atoms with van der Waals surface area (Å²) in [5, 5.41) is 8.86. The second-order valence-electron chi connectivity index (χ2n) is 3.63. The molecule has 0 aliphatic heterocycles. The fraction of sp³-hybridized carbons (Fsp3) is 0.231. The molecular formula is C13H13NO2. The Kier molecular flexibility index (Phi) is 3.84. The molecule has 0 spiro atoms. The Hall–Kier alpha value is -2.08. The van der Waals surface area contributed by atoms with E-state index in [4.69, 9.17) is 5.26 Å². The third-order valence-electron chi connectivity index (χ3n) is 2.02. The number of carbonyl (C=O) groups is 1. The maximum absolute atomic E-state index is 11.4. The molecule has 0 heterocycles. The summed E-state index contributed by atoms with van der Waals surface area (Å²) >= 11 is 0. The van der Waals surface area contributed by atoms with Gasteiger partial charge in [-0.1, -0.05) is 17.7 Å². The second kappa shape index (κ2) is 5.13. The molecule has 0 aliphatic rings. The highest BCUT2D eigenvalue weighted by Crippen LogP contribution is 2.15. The molecule has 0 fully saturated rings. The minimum Gasteiger partial charge on any atom is -0.465 e. The minimum absolute atomic E-state index is 0.306. The van der Waals surface area contributed by atoms with Gasteiger partial charge in [0.15, 0.2) is 0 Å². The zero-order valence-electron chi connectivity index (χ0n) is 9.57. The maximum Gasteiger partial charge on any atom is 0.339 e. The minimum atomic E-state index is -0.486. The van der Waals surface area contributed by atoms with E-state index in [0.717, 1.165) is 11.1 Å². The van der Waals surface area contributed by atoms with Crippen LogP contribution in [0, 0.1) is 11.3 Å². The predicted octanol–water partition coefficient (Wildman–Crippen LogP) is 2.77. The van der Waals surface area contributed by atoms with E-state index in [9.17, 15) is 4.79 Å². The Morgan fingerprint density at radius 1 is 1.44 bits per heavy atom. The SMILES string of the molecule is COC(=O)c1cc(C=C(C)C)ccc1C#N. The van der Waals surface area contributed by atoms with E-state index in [1.54, 1.807) is 18.2 Å². The van der Waals surface area contributed by atoms with Crippen molar-refractivity contribution in [1.29, 1.82) is 5.26 Å². The van der Waals surface area contributed by atoms with Crippen LogP contribution in [0.1, 0.15) is 35.3 Å². The van der Waals surface area contributed by atoms with Gasteiger partial charge >= 0.3 is 5.97 Å². The van der Waals surface area contributed by atoms with Crippen LogP contribution in [0.15, 0.2) is 23.8 Å². The molecule has 0 N–H and O–H groups in total. The molecule has 0 amide bonds. The summed E-state index contributed by atoms with van der Waals surface area (Å²) in [6.07, 6.45) is 1.94. The zero-order chi connectivity index (χ0) is 12.1. The molecule has 0 aromatic heterocycles. The number of nitriles is 1. The largest absolute Gasteiger partial charge is 0.465 e. The molecule has 0 unspecified atom stereocenters. The van der Waals surface area contributed by atoms with Gasteiger partial charge in [-0.05, 0) is 31.5 Å². The van der Waals surface area contributed by atoms with Crippen molar-refractivity contribution in [1.82, 2.24) is 0 Å². The van der Waals surface area contributed by atoms with Gasteiger partial charge in [0.25, 0.3) is 0 Å². The molecule has 0 bridgehead atoms. The summed E-state index contributed by atoms with van der Waals surface area (Å²) in [4.78, 5) is 11.4. The van der Waals surface area contributed by atoms with Crippen molar-refractivity contribution in [3.05, 3.63) is 40.5 Å². The number of hydrogen-bond acceptors (Lipinski definition) is 3. The molecule has 0 saturated carbocycles. The van der Waals surface area contributed by atoms with Crippen LogP contribution in [-0.4, -0.2) is 13.1 Å². The van der Waals surface area contributed by atoms with Gasteiger partial charge in [0.05, 0.1) is 18.2 Å². The number of methoxy groups -OCH3 is 1. The van der Waals surface area contributed by atoms with E-state index >= 15 is 0 Å². The van der Waals surface area contributed by atoms with Crippen LogP contribution < -0.4 is 0 Å². The first-order valence-electron chi connectivity index (χ1n) is 4.86. The topological polar surface area (TPSA) is 50.1 Å². The Labute approximate surface area is 95.0 Å². The van der Waals surface area contributed by atoms with Crippen molar-refractivity contribution < 1.29 is 9.53 Å². The smallest absolute Gasteiger partial charge is 0.339 e. The monoisotopic (exact) mass is 215 g/mol. The van der Waals surface area contributed by atoms with Gasteiger partial charge in [-0.3, -0.25) is 0 Å². The van der Waals surface area contributed by atoms with E-state index < -0.39 is 5.97 Å². The Morgan fingerprint density at radius 3 is 2.62 bits per heavy atom. The van der Waals surface area contributed by atoms with Gasteiger partial charge in [0, 0.05) is 0 Å². The van der Waals surface area contributed by atoms with Gasteiger partial charge < -0.3 is 4.74 Å². The molecule has 1 aromatic rings. The standard InChI is InChI=1S/C13H13NO2/c1-9(2)6-10-4-5-11(8-14)12(7-10)13(15)16-3/h4-7H,1-3H3. The van der Waals surface area contributed by atoms with Crippen LogP contribution in [0.2, 0.25) is 0 Å². The maximum atomic E-state index is 11.4. The highest BCUT2D eigenvalue weighted by molar-refractivity contribution is 5.92. The number of benzene rings is 1. The fourth-order valence-corrected chi connectivity index (χ4v) is 1.36. The molecular weight excluding hydrogens is 202 g/mol. The predicted molar refractivity (Wildman–Crippen MR) is 61.8 cm³/mol. The lowest BCUT2D eigenvalue weighted by Gasteiger charge is -2.03. The van der Waals surface area contributed by atoms with E-state index in [0.29, 0.717) is 11.1 Å². The van der Waals surface area contributed by atoms with Gasteiger partial charge in [-0.2, -0.15) is 5.26 Å². The molecule has 3 heteroatoms. The fourth-order valence-electron chi connectivity index (χ4n) is 1.36. The van der Waals surface area contributed by atoms with Gasteiger partial charge in [0.2, 0.25) is 0 Å². The molecule has 3 nitrogen and oxygen atoms in total. The number of carbonyl (C=O) groups excluding carboxylic acids is 1. The van der Waals surface area contributed by atoms with E-state index in [2.05, 4.69) is 4.74 Å². The average Bonchev–Trinajstić information content (AvgIpc) is 2.27. The lowest BCUT2D eigenvalue weighted by Crippen LogP contribution is -2.04. The molecule has 0 aliphatic carbocycles. The molecule has 16 heavy (non-hydrogen) atoms. The third kappa shape index (κ3) is 2.71. The van der Waals surface area contributed by atoms with Gasteiger partial charge in [-0.25, -0.2) is 4.79 Å². The van der Waals surface area contributed by atoms with Crippen LogP contribution in [0.5, 0.6) is 0 Å². The van der Waals surface area contributed by atoms with Crippen LogP contribution in [-0.2, 0) is 4.74 Å². The summed E-state index contributed by atoms with van der Waals surface area (Å²) in [6.45, 7) is 3.94. The van der Waals surface area contributed by atoms with Crippen molar-refractivity contribution >= 4 is 12.0 Å². The van der Waals surface area contributed by atoms with Gasteiger partial charge in [-0.15, -0.1) is 0 Å². The molecule has 1 rings (SSSR count). The molecule has 1 aromatic carbocycles. The zero-order valence-corrected chi connectivity index (χ0v) is 9.57. The quantitative estimate of drug-likeness (QED) is 0.713. The van der Waals surface area contributed by atoms with Crippen LogP contribution >= 0.6 is 0 Å². The number of ether oxygens (including phenoxy) is 1.